The third kappa shape index (κ3) is 3.19. The highest BCUT2D eigenvalue weighted by molar-refractivity contribution is 5.23. The van der Waals surface area contributed by atoms with Crippen LogP contribution in [0.1, 0.15) is 18.1 Å². The second-order valence-corrected chi connectivity index (χ2v) is 5.15. The van der Waals surface area contributed by atoms with Crippen molar-refractivity contribution < 1.29 is 13.5 Å². The number of hydrogen-bond acceptors (Lipinski definition) is 3. The van der Waals surface area contributed by atoms with Gasteiger partial charge in [-0.1, -0.05) is 30.3 Å². The van der Waals surface area contributed by atoms with E-state index in [0.29, 0.717) is 5.92 Å². The standard InChI is InChI=1S/C16H16F2N2O/c17-14-8-13(10-20-16(14)18)21-15(12-6-7-19-9-12)11-4-2-1-3-5-11/h1-5,8,10,12,15,19H,6-7,9H2/t12-,15?/m0/s1. The van der Waals surface area contributed by atoms with E-state index >= 15 is 0 Å². The summed E-state index contributed by atoms with van der Waals surface area (Å²) in [4.78, 5) is 3.37. The maximum Gasteiger partial charge on any atom is 0.249 e. The van der Waals surface area contributed by atoms with Gasteiger partial charge in [-0.25, -0.2) is 9.37 Å². The largest absolute Gasteiger partial charge is 0.484 e. The lowest BCUT2D eigenvalue weighted by Crippen LogP contribution is -2.21. The van der Waals surface area contributed by atoms with Gasteiger partial charge in [0.1, 0.15) is 11.9 Å². The molecule has 1 aromatic carbocycles. The number of halogens is 2. The molecule has 3 nitrogen and oxygen atoms in total. The molecule has 2 aromatic rings. The summed E-state index contributed by atoms with van der Waals surface area (Å²) in [6, 6.07) is 10.8. The molecule has 1 saturated heterocycles. The Kier molecular flexibility index (Phi) is 4.10. The summed E-state index contributed by atoms with van der Waals surface area (Å²) in [6.07, 6.45) is 2.00. The number of hydrogen-bond donors (Lipinski definition) is 1. The Morgan fingerprint density at radius 3 is 2.71 bits per heavy atom. The van der Waals surface area contributed by atoms with Crippen LogP contribution < -0.4 is 10.1 Å². The van der Waals surface area contributed by atoms with Gasteiger partial charge in [0.15, 0.2) is 5.82 Å². The van der Waals surface area contributed by atoms with Gasteiger partial charge in [-0.2, -0.15) is 4.39 Å². The first-order valence-electron chi connectivity index (χ1n) is 6.97. The van der Waals surface area contributed by atoms with E-state index < -0.39 is 11.8 Å². The number of aromatic nitrogens is 1. The van der Waals surface area contributed by atoms with E-state index in [1.165, 1.54) is 6.20 Å². The lowest BCUT2D eigenvalue weighted by molar-refractivity contribution is 0.143. The molecule has 1 aromatic heterocycles. The molecule has 5 heteroatoms. The number of nitrogens with one attached hydrogen (secondary N) is 1. The minimum atomic E-state index is -1.11. The quantitative estimate of drug-likeness (QED) is 0.879. The molecular weight excluding hydrogens is 274 g/mol. The van der Waals surface area contributed by atoms with Crippen LogP contribution >= 0.6 is 0 Å². The predicted molar refractivity (Wildman–Crippen MR) is 74.9 cm³/mol. The number of pyridine rings is 1. The molecule has 1 N–H and O–H groups in total. The second-order valence-electron chi connectivity index (χ2n) is 5.15. The SMILES string of the molecule is Fc1cc(OC(c2ccccc2)[C@H]2CCNC2)cnc1F. The van der Waals surface area contributed by atoms with Gasteiger partial charge in [0.05, 0.1) is 6.20 Å². The van der Waals surface area contributed by atoms with Gasteiger partial charge in [-0.3, -0.25) is 0 Å². The molecule has 0 bridgehead atoms. The van der Waals surface area contributed by atoms with E-state index in [2.05, 4.69) is 10.3 Å². The van der Waals surface area contributed by atoms with Crippen LogP contribution in [0.4, 0.5) is 8.78 Å². The summed E-state index contributed by atoms with van der Waals surface area (Å²) in [5.41, 5.74) is 1.02. The highest BCUT2D eigenvalue weighted by Crippen LogP contribution is 2.32. The minimum Gasteiger partial charge on any atom is -0.484 e. The molecule has 2 heterocycles. The molecule has 3 rings (SSSR count). The molecule has 21 heavy (non-hydrogen) atoms. The van der Waals surface area contributed by atoms with Crippen molar-refractivity contribution >= 4 is 0 Å². The Balaban J connectivity index is 1.86. The molecule has 0 spiro atoms. The average Bonchev–Trinajstić information content (AvgIpc) is 3.03. The van der Waals surface area contributed by atoms with E-state index in [1.54, 1.807) is 0 Å². The van der Waals surface area contributed by atoms with Gasteiger partial charge in [-0.05, 0) is 18.5 Å². The molecule has 0 aliphatic carbocycles. The fourth-order valence-corrected chi connectivity index (χ4v) is 2.63. The molecule has 1 unspecified atom stereocenters. The molecule has 0 radical (unpaired) electrons. The van der Waals surface area contributed by atoms with Crippen LogP contribution in [-0.2, 0) is 0 Å². The van der Waals surface area contributed by atoms with Crippen molar-refractivity contribution in [2.45, 2.75) is 12.5 Å². The van der Waals surface area contributed by atoms with Gasteiger partial charge in [0.2, 0.25) is 5.95 Å². The zero-order chi connectivity index (χ0) is 14.7. The summed E-state index contributed by atoms with van der Waals surface area (Å²) in [6.45, 7) is 1.78. The predicted octanol–water partition coefficient (Wildman–Crippen LogP) is 3.09. The summed E-state index contributed by atoms with van der Waals surface area (Å²) in [5.74, 6) is -1.57. The van der Waals surface area contributed by atoms with Crippen LogP contribution in [0.25, 0.3) is 0 Å². The smallest absolute Gasteiger partial charge is 0.249 e. The monoisotopic (exact) mass is 290 g/mol. The topological polar surface area (TPSA) is 34.1 Å². The van der Waals surface area contributed by atoms with Crippen molar-refractivity contribution in [1.82, 2.24) is 10.3 Å². The third-order valence-corrected chi connectivity index (χ3v) is 3.69. The minimum absolute atomic E-state index is 0.201. The van der Waals surface area contributed by atoms with Crippen molar-refractivity contribution in [1.29, 1.82) is 0 Å². The number of rotatable bonds is 4. The Labute approximate surface area is 122 Å². The normalized spacial score (nSPS) is 19.4. The molecule has 1 aliphatic rings. The average molecular weight is 290 g/mol. The number of ether oxygens (including phenoxy) is 1. The summed E-state index contributed by atoms with van der Waals surface area (Å²) < 4.78 is 32.1. The van der Waals surface area contributed by atoms with Gasteiger partial charge in [-0.15, -0.1) is 0 Å². The van der Waals surface area contributed by atoms with E-state index in [-0.39, 0.29) is 11.9 Å². The van der Waals surface area contributed by atoms with Crippen molar-refractivity contribution in [2.24, 2.45) is 5.92 Å². The molecule has 0 amide bonds. The van der Waals surface area contributed by atoms with Crippen LogP contribution in [-0.4, -0.2) is 18.1 Å². The van der Waals surface area contributed by atoms with E-state index in [1.807, 2.05) is 30.3 Å². The van der Waals surface area contributed by atoms with Crippen LogP contribution in [0.3, 0.4) is 0 Å². The Morgan fingerprint density at radius 2 is 2.05 bits per heavy atom. The first-order chi connectivity index (χ1) is 10.2. The first-order valence-corrected chi connectivity index (χ1v) is 6.97. The highest BCUT2D eigenvalue weighted by Gasteiger charge is 2.28. The molecule has 0 saturated carbocycles. The van der Waals surface area contributed by atoms with Gasteiger partial charge >= 0.3 is 0 Å². The maximum absolute atomic E-state index is 13.3. The van der Waals surface area contributed by atoms with Crippen LogP contribution in [0.5, 0.6) is 5.75 Å². The van der Waals surface area contributed by atoms with Crippen LogP contribution in [0.15, 0.2) is 42.6 Å². The van der Waals surface area contributed by atoms with Crippen molar-refractivity contribution in [3.8, 4) is 5.75 Å². The molecule has 2 atom stereocenters. The van der Waals surface area contributed by atoms with Crippen LogP contribution in [0.2, 0.25) is 0 Å². The second kappa shape index (κ2) is 6.18. The first kappa shape index (κ1) is 13.9. The van der Waals surface area contributed by atoms with E-state index in [9.17, 15) is 8.78 Å². The summed E-state index contributed by atoms with van der Waals surface area (Å²) in [5, 5.41) is 3.30. The number of nitrogens with zero attached hydrogens (tertiary/aromatic N) is 1. The van der Waals surface area contributed by atoms with Gasteiger partial charge < -0.3 is 10.1 Å². The fourth-order valence-electron chi connectivity index (χ4n) is 2.63. The van der Waals surface area contributed by atoms with Crippen molar-refractivity contribution in [2.75, 3.05) is 13.1 Å². The van der Waals surface area contributed by atoms with Gasteiger partial charge in [0.25, 0.3) is 0 Å². The van der Waals surface area contributed by atoms with Gasteiger partial charge in [0, 0.05) is 18.5 Å². The maximum atomic E-state index is 13.3. The zero-order valence-electron chi connectivity index (χ0n) is 11.4. The summed E-state index contributed by atoms with van der Waals surface area (Å²) in [7, 11) is 0. The molecule has 1 fully saturated rings. The Morgan fingerprint density at radius 1 is 1.24 bits per heavy atom. The summed E-state index contributed by atoms with van der Waals surface area (Å²) >= 11 is 0. The van der Waals surface area contributed by atoms with E-state index in [0.717, 1.165) is 31.1 Å². The third-order valence-electron chi connectivity index (χ3n) is 3.69. The lowest BCUT2D eigenvalue weighted by atomic mass is 9.95. The zero-order valence-corrected chi connectivity index (χ0v) is 11.4. The Bertz CT molecular complexity index is 600. The van der Waals surface area contributed by atoms with E-state index in [4.69, 9.17) is 4.74 Å². The van der Waals surface area contributed by atoms with Crippen molar-refractivity contribution in [3.63, 3.8) is 0 Å². The van der Waals surface area contributed by atoms with Crippen molar-refractivity contribution in [3.05, 3.63) is 59.9 Å². The molecule has 110 valence electrons. The molecule has 1 aliphatic heterocycles. The number of benzene rings is 1. The molecular formula is C16H16F2N2O. The highest BCUT2D eigenvalue weighted by atomic mass is 19.2. The lowest BCUT2D eigenvalue weighted by Gasteiger charge is -2.24. The van der Waals surface area contributed by atoms with Crippen LogP contribution in [0, 0.1) is 17.7 Å². The Hall–Kier alpha value is -2.01. The fraction of sp³-hybridized carbons (Fsp3) is 0.312.